The first-order valence-corrected chi connectivity index (χ1v) is 8.31. The third-order valence-electron chi connectivity index (χ3n) is 2.64. The number of aliphatic hydroxyl groups excluding tert-OH is 1. The van der Waals surface area contributed by atoms with E-state index in [-0.39, 0.29) is 21.7 Å². The van der Waals surface area contributed by atoms with Crippen LogP contribution in [0.3, 0.4) is 0 Å². The summed E-state index contributed by atoms with van der Waals surface area (Å²) in [4.78, 5) is -0.0243. The van der Waals surface area contributed by atoms with Crippen molar-refractivity contribution in [3.8, 4) is 0 Å². The molecule has 1 aromatic carbocycles. The summed E-state index contributed by atoms with van der Waals surface area (Å²) in [5, 5.41) is 12.6. The zero-order valence-electron chi connectivity index (χ0n) is 10.8. The molecule has 0 aliphatic heterocycles. The Balaban J connectivity index is 2.17. The third kappa shape index (κ3) is 4.02. The number of halogens is 2. The summed E-state index contributed by atoms with van der Waals surface area (Å²) in [5.41, 5.74) is 0.124. The lowest BCUT2D eigenvalue weighted by atomic mass is 10.3. The second-order valence-electron chi connectivity index (χ2n) is 4.25. The molecule has 21 heavy (non-hydrogen) atoms. The Morgan fingerprint density at radius 2 is 2.19 bits per heavy atom. The van der Waals surface area contributed by atoms with Crippen molar-refractivity contribution in [2.75, 3.05) is 11.3 Å². The molecule has 0 spiro atoms. The molecule has 9 heteroatoms. The van der Waals surface area contributed by atoms with Crippen LogP contribution in [0, 0.1) is 5.82 Å². The van der Waals surface area contributed by atoms with Crippen molar-refractivity contribution in [2.45, 2.75) is 17.9 Å². The van der Waals surface area contributed by atoms with E-state index in [1.54, 1.807) is 0 Å². The molecule has 0 aliphatic carbocycles. The molecule has 0 fully saturated rings. The Labute approximate surface area is 129 Å². The van der Waals surface area contributed by atoms with Crippen LogP contribution < -0.4 is 4.72 Å². The highest BCUT2D eigenvalue weighted by atomic mass is 79.9. The molecule has 1 heterocycles. The largest absolute Gasteiger partial charge is 0.396 e. The van der Waals surface area contributed by atoms with Crippen molar-refractivity contribution in [1.82, 2.24) is 9.78 Å². The average molecular weight is 378 g/mol. The number of benzene rings is 1. The summed E-state index contributed by atoms with van der Waals surface area (Å²) in [6.07, 6.45) is 3.04. The molecular weight excluding hydrogens is 365 g/mol. The van der Waals surface area contributed by atoms with Crippen molar-refractivity contribution in [3.05, 3.63) is 40.9 Å². The smallest absolute Gasteiger partial charge is 0.265 e. The van der Waals surface area contributed by atoms with E-state index in [0.29, 0.717) is 13.0 Å². The quantitative estimate of drug-likeness (QED) is 0.805. The Morgan fingerprint density at radius 1 is 1.43 bits per heavy atom. The predicted octanol–water partition coefficient (Wildman–Crippen LogP) is 1.97. The summed E-state index contributed by atoms with van der Waals surface area (Å²) >= 11 is 3.00. The Bertz CT molecular complexity index is 733. The van der Waals surface area contributed by atoms with E-state index in [1.165, 1.54) is 29.2 Å². The number of hydrogen-bond acceptors (Lipinski definition) is 4. The predicted molar refractivity (Wildman–Crippen MR) is 78.8 cm³/mol. The van der Waals surface area contributed by atoms with Crippen molar-refractivity contribution in [3.63, 3.8) is 0 Å². The standard InChI is InChI=1S/C12H13BrFN3O3S/c13-11-3-2-9(6-12(11)14)16-21(19,20)10-7-15-17(8-10)4-1-5-18/h2-3,6-8,16,18H,1,4-5H2. The van der Waals surface area contributed by atoms with E-state index in [9.17, 15) is 12.8 Å². The molecule has 6 nitrogen and oxygen atoms in total. The summed E-state index contributed by atoms with van der Waals surface area (Å²) in [5.74, 6) is -0.561. The van der Waals surface area contributed by atoms with Gasteiger partial charge in [-0.1, -0.05) is 0 Å². The number of anilines is 1. The zero-order valence-corrected chi connectivity index (χ0v) is 13.2. The molecule has 0 aliphatic rings. The molecule has 114 valence electrons. The van der Waals surface area contributed by atoms with Crippen LogP contribution in [0.1, 0.15) is 6.42 Å². The van der Waals surface area contributed by atoms with E-state index in [4.69, 9.17) is 5.11 Å². The molecule has 0 amide bonds. The zero-order chi connectivity index (χ0) is 15.5. The lowest BCUT2D eigenvalue weighted by Gasteiger charge is -2.06. The minimum Gasteiger partial charge on any atom is -0.396 e. The highest BCUT2D eigenvalue weighted by Gasteiger charge is 2.17. The van der Waals surface area contributed by atoms with Gasteiger partial charge in [0.25, 0.3) is 10.0 Å². The Morgan fingerprint density at radius 3 is 2.86 bits per heavy atom. The third-order valence-corrected chi connectivity index (χ3v) is 4.62. The van der Waals surface area contributed by atoms with Crippen LogP contribution in [0.25, 0.3) is 0 Å². The SMILES string of the molecule is O=S(=O)(Nc1ccc(Br)c(F)c1)c1cnn(CCCO)c1. The lowest BCUT2D eigenvalue weighted by Crippen LogP contribution is -2.12. The average Bonchev–Trinajstić information content (AvgIpc) is 2.90. The summed E-state index contributed by atoms with van der Waals surface area (Å²) < 4.78 is 41.6. The van der Waals surface area contributed by atoms with Gasteiger partial charge in [-0.05, 0) is 40.5 Å². The summed E-state index contributed by atoms with van der Waals surface area (Å²) in [6.45, 7) is 0.414. The number of aliphatic hydroxyl groups is 1. The van der Waals surface area contributed by atoms with Crippen LogP contribution >= 0.6 is 15.9 Å². The van der Waals surface area contributed by atoms with Crippen LogP contribution in [0.15, 0.2) is 40.0 Å². The van der Waals surface area contributed by atoms with Gasteiger partial charge < -0.3 is 5.11 Å². The van der Waals surface area contributed by atoms with Gasteiger partial charge in [0.05, 0.1) is 16.4 Å². The molecular formula is C12H13BrFN3O3S. The van der Waals surface area contributed by atoms with Crippen molar-refractivity contribution in [1.29, 1.82) is 0 Å². The summed E-state index contributed by atoms with van der Waals surface area (Å²) in [7, 11) is -3.82. The molecule has 1 aromatic heterocycles. The number of sulfonamides is 1. The van der Waals surface area contributed by atoms with Gasteiger partial charge in [-0.15, -0.1) is 0 Å². The molecule has 2 rings (SSSR count). The van der Waals surface area contributed by atoms with Crippen LogP contribution in [-0.4, -0.2) is 29.9 Å². The van der Waals surface area contributed by atoms with Crippen LogP contribution in [0.4, 0.5) is 10.1 Å². The minimum atomic E-state index is -3.82. The fourth-order valence-corrected chi connectivity index (χ4v) is 2.86. The first-order chi connectivity index (χ1) is 9.92. The highest BCUT2D eigenvalue weighted by Crippen LogP contribution is 2.21. The van der Waals surface area contributed by atoms with Gasteiger partial charge >= 0.3 is 0 Å². The molecule has 0 saturated carbocycles. The first-order valence-electron chi connectivity index (χ1n) is 6.03. The van der Waals surface area contributed by atoms with Crippen LogP contribution in [-0.2, 0) is 16.6 Å². The fourth-order valence-electron chi connectivity index (χ4n) is 1.61. The van der Waals surface area contributed by atoms with E-state index in [1.807, 2.05) is 0 Å². The second kappa shape index (κ2) is 6.54. The van der Waals surface area contributed by atoms with Gasteiger partial charge in [-0.25, -0.2) is 12.8 Å². The van der Waals surface area contributed by atoms with Gasteiger partial charge in [0.1, 0.15) is 10.7 Å². The lowest BCUT2D eigenvalue weighted by molar-refractivity contribution is 0.277. The van der Waals surface area contributed by atoms with Crippen molar-refractivity contribution >= 4 is 31.6 Å². The topological polar surface area (TPSA) is 84.2 Å². The maximum absolute atomic E-state index is 13.4. The number of nitrogens with one attached hydrogen (secondary N) is 1. The molecule has 0 saturated heterocycles. The second-order valence-corrected chi connectivity index (χ2v) is 6.79. The molecule has 2 aromatic rings. The number of nitrogens with zero attached hydrogens (tertiary/aromatic N) is 2. The van der Waals surface area contributed by atoms with Gasteiger partial charge in [0.2, 0.25) is 0 Å². The molecule has 0 atom stereocenters. The van der Waals surface area contributed by atoms with Crippen LogP contribution in [0.2, 0.25) is 0 Å². The van der Waals surface area contributed by atoms with E-state index >= 15 is 0 Å². The van der Waals surface area contributed by atoms with Gasteiger partial charge in [0, 0.05) is 19.3 Å². The molecule has 2 N–H and O–H groups in total. The first kappa shape index (κ1) is 15.9. The normalized spacial score (nSPS) is 11.6. The van der Waals surface area contributed by atoms with E-state index in [2.05, 4.69) is 25.8 Å². The van der Waals surface area contributed by atoms with Crippen LogP contribution in [0.5, 0.6) is 0 Å². The Hall–Kier alpha value is -1.45. The van der Waals surface area contributed by atoms with Crippen molar-refractivity contribution in [2.24, 2.45) is 0 Å². The van der Waals surface area contributed by atoms with Gasteiger partial charge in [-0.2, -0.15) is 5.10 Å². The molecule has 0 unspecified atom stereocenters. The number of hydrogen-bond donors (Lipinski definition) is 2. The maximum Gasteiger partial charge on any atom is 0.265 e. The fraction of sp³-hybridized carbons (Fsp3) is 0.250. The van der Waals surface area contributed by atoms with Crippen molar-refractivity contribution < 1.29 is 17.9 Å². The minimum absolute atomic E-state index is 0.00162. The summed E-state index contributed by atoms with van der Waals surface area (Å²) in [6, 6.07) is 3.94. The van der Waals surface area contributed by atoms with Gasteiger partial charge in [0.15, 0.2) is 0 Å². The Kier molecular flexibility index (Phi) is 4.96. The molecule has 0 radical (unpaired) electrons. The number of rotatable bonds is 6. The monoisotopic (exact) mass is 377 g/mol. The number of aromatic nitrogens is 2. The van der Waals surface area contributed by atoms with E-state index in [0.717, 1.165) is 6.07 Å². The number of aryl methyl sites for hydroxylation is 1. The molecule has 0 bridgehead atoms. The van der Waals surface area contributed by atoms with E-state index < -0.39 is 15.8 Å². The highest BCUT2D eigenvalue weighted by molar-refractivity contribution is 9.10. The van der Waals surface area contributed by atoms with Gasteiger partial charge in [-0.3, -0.25) is 9.40 Å². The maximum atomic E-state index is 13.4.